The summed E-state index contributed by atoms with van der Waals surface area (Å²) >= 11 is 5.89. The summed E-state index contributed by atoms with van der Waals surface area (Å²) in [6, 6.07) is 4.55. The largest absolute Gasteiger partial charge is 0.504 e. The van der Waals surface area contributed by atoms with E-state index in [-0.39, 0.29) is 17.2 Å². The number of phenols is 1. The number of nitrogens with zero attached hydrogens (tertiary/aromatic N) is 2. The van der Waals surface area contributed by atoms with Gasteiger partial charge in [-0.3, -0.25) is 9.89 Å². The first-order valence-electron chi connectivity index (χ1n) is 5.93. The smallest absolute Gasteiger partial charge is 0.291 e. The Morgan fingerprint density at radius 2 is 2.29 bits per heavy atom. The Labute approximate surface area is 125 Å². The summed E-state index contributed by atoms with van der Waals surface area (Å²) in [7, 11) is 1.41. The van der Waals surface area contributed by atoms with Gasteiger partial charge in [0.15, 0.2) is 17.2 Å². The van der Waals surface area contributed by atoms with E-state index >= 15 is 0 Å². The van der Waals surface area contributed by atoms with Crippen molar-refractivity contribution in [2.75, 3.05) is 7.11 Å². The molecule has 0 radical (unpaired) electrons. The zero-order valence-corrected chi connectivity index (χ0v) is 12.1. The zero-order valence-electron chi connectivity index (χ0n) is 11.3. The number of hydrazone groups is 1. The molecule has 1 heterocycles. The number of methoxy groups -OCH3 is 1. The molecule has 0 aliphatic rings. The number of ether oxygens (including phenoxy) is 1. The number of hydrogen-bond acceptors (Lipinski definition) is 5. The SMILES string of the molecule is COc1cc(Cl)cc(C=NNC(=O)c2cc(C)[nH]n2)c1O. The van der Waals surface area contributed by atoms with Crippen LogP contribution in [0.1, 0.15) is 21.7 Å². The summed E-state index contributed by atoms with van der Waals surface area (Å²) in [6.07, 6.45) is 1.27. The highest BCUT2D eigenvalue weighted by Crippen LogP contribution is 2.32. The molecule has 0 bridgehead atoms. The topological polar surface area (TPSA) is 99.6 Å². The first-order valence-corrected chi connectivity index (χ1v) is 6.31. The monoisotopic (exact) mass is 308 g/mol. The van der Waals surface area contributed by atoms with Crippen molar-refractivity contribution in [3.05, 3.63) is 40.2 Å². The summed E-state index contributed by atoms with van der Waals surface area (Å²) in [6.45, 7) is 1.78. The minimum atomic E-state index is -0.468. The van der Waals surface area contributed by atoms with Crippen molar-refractivity contribution in [1.82, 2.24) is 15.6 Å². The third-order valence-corrected chi connectivity index (χ3v) is 2.82. The number of aromatic amines is 1. The molecular weight excluding hydrogens is 296 g/mol. The van der Waals surface area contributed by atoms with E-state index in [4.69, 9.17) is 16.3 Å². The summed E-state index contributed by atoms with van der Waals surface area (Å²) in [5, 5.41) is 20.5. The minimum Gasteiger partial charge on any atom is -0.504 e. The average molecular weight is 309 g/mol. The van der Waals surface area contributed by atoms with E-state index in [1.807, 2.05) is 0 Å². The number of benzene rings is 1. The normalized spacial score (nSPS) is 10.8. The molecule has 0 spiro atoms. The van der Waals surface area contributed by atoms with Crippen molar-refractivity contribution in [3.8, 4) is 11.5 Å². The Hall–Kier alpha value is -2.54. The molecule has 21 heavy (non-hydrogen) atoms. The summed E-state index contributed by atoms with van der Waals surface area (Å²) in [5.41, 5.74) is 3.60. The maximum Gasteiger partial charge on any atom is 0.291 e. The third-order valence-electron chi connectivity index (χ3n) is 2.60. The van der Waals surface area contributed by atoms with Crippen LogP contribution < -0.4 is 10.2 Å². The van der Waals surface area contributed by atoms with E-state index in [1.165, 1.54) is 25.5 Å². The molecule has 2 aromatic rings. The van der Waals surface area contributed by atoms with Crippen LogP contribution in [-0.2, 0) is 0 Å². The maximum absolute atomic E-state index is 11.7. The molecule has 0 saturated carbocycles. The molecule has 0 unspecified atom stereocenters. The number of carbonyl (C=O) groups is 1. The second-order valence-corrected chi connectivity index (χ2v) is 4.62. The second kappa shape index (κ2) is 6.27. The number of halogens is 1. The van der Waals surface area contributed by atoms with E-state index in [2.05, 4.69) is 20.7 Å². The number of nitrogens with one attached hydrogen (secondary N) is 2. The molecule has 0 aliphatic heterocycles. The van der Waals surface area contributed by atoms with Gasteiger partial charge in [-0.2, -0.15) is 10.2 Å². The number of phenolic OH excluding ortho intramolecular Hbond substituents is 1. The van der Waals surface area contributed by atoms with Crippen molar-refractivity contribution in [1.29, 1.82) is 0 Å². The van der Waals surface area contributed by atoms with E-state index in [0.29, 0.717) is 10.6 Å². The van der Waals surface area contributed by atoms with Gasteiger partial charge in [0.25, 0.3) is 5.91 Å². The molecular formula is C13H13ClN4O3. The summed E-state index contributed by atoms with van der Waals surface area (Å²) in [4.78, 5) is 11.7. The lowest BCUT2D eigenvalue weighted by atomic mass is 10.2. The molecule has 0 fully saturated rings. The predicted octanol–water partition coefficient (Wildman–Crippen LogP) is 1.85. The van der Waals surface area contributed by atoms with Crippen LogP contribution in [0.5, 0.6) is 11.5 Å². The fourth-order valence-corrected chi connectivity index (χ4v) is 1.82. The van der Waals surface area contributed by atoms with Gasteiger partial charge in [0, 0.05) is 22.3 Å². The number of aryl methyl sites for hydroxylation is 1. The number of rotatable bonds is 4. The average Bonchev–Trinajstić information content (AvgIpc) is 2.88. The molecule has 7 nitrogen and oxygen atoms in total. The second-order valence-electron chi connectivity index (χ2n) is 4.18. The third kappa shape index (κ3) is 3.51. The highest BCUT2D eigenvalue weighted by Gasteiger charge is 2.10. The van der Waals surface area contributed by atoms with Gasteiger partial charge in [-0.15, -0.1) is 0 Å². The Kier molecular flexibility index (Phi) is 4.44. The van der Waals surface area contributed by atoms with Crippen LogP contribution in [0.25, 0.3) is 0 Å². The van der Waals surface area contributed by atoms with Crippen LogP contribution in [0.2, 0.25) is 5.02 Å². The van der Waals surface area contributed by atoms with E-state index in [0.717, 1.165) is 5.69 Å². The fraction of sp³-hybridized carbons (Fsp3) is 0.154. The molecule has 0 saturated heterocycles. The number of amides is 1. The van der Waals surface area contributed by atoms with Gasteiger partial charge >= 0.3 is 0 Å². The molecule has 0 atom stereocenters. The lowest BCUT2D eigenvalue weighted by Crippen LogP contribution is -2.18. The highest BCUT2D eigenvalue weighted by atomic mass is 35.5. The van der Waals surface area contributed by atoms with Crippen LogP contribution >= 0.6 is 11.6 Å². The number of H-pyrrole nitrogens is 1. The Morgan fingerprint density at radius 1 is 1.52 bits per heavy atom. The van der Waals surface area contributed by atoms with Crippen molar-refractivity contribution >= 4 is 23.7 Å². The minimum absolute atomic E-state index is 0.115. The van der Waals surface area contributed by atoms with Gasteiger partial charge in [0.05, 0.1) is 13.3 Å². The summed E-state index contributed by atoms with van der Waals surface area (Å²) in [5.74, 6) is -0.363. The van der Waals surface area contributed by atoms with Crippen LogP contribution in [-0.4, -0.2) is 34.5 Å². The van der Waals surface area contributed by atoms with Crippen molar-refractivity contribution in [3.63, 3.8) is 0 Å². The molecule has 3 N–H and O–H groups in total. The van der Waals surface area contributed by atoms with Crippen LogP contribution in [0, 0.1) is 6.92 Å². The first-order chi connectivity index (χ1) is 10.0. The van der Waals surface area contributed by atoms with Crippen LogP contribution in [0.15, 0.2) is 23.3 Å². The Bertz CT molecular complexity index is 697. The molecule has 1 aromatic carbocycles. The lowest BCUT2D eigenvalue weighted by molar-refractivity contribution is 0.0950. The van der Waals surface area contributed by atoms with Gasteiger partial charge in [-0.1, -0.05) is 11.6 Å². The molecule has 110 valence electrons. The quantitative estimate of drug-likeness (QED) is 0.593. The van der Waals surface area contributed by atoms with E-state index in [1.54, 1.807) is 13.0 Å². The van der Waals surface area contributed by atoms with Crippen LogP contribution in [0.3, 0.4) is 0 Å². The number of hydrogen-bond donors (Lipinski definition) is 3. The van der Waals surface area contributed by atoms with Gasteiger partial charge in [-0.05, 0) is 19.1 Å². The van der Waals surface area contributed by atoms with Crippen molar-refractivity contribution in [2.45, 2.75) is 6.92 Å². The maximum atomic E-state index is 11.7. The molecule has 8 heteroatoms. The standard InChI is InChI=1S/C13H13ClN4O3/c1-7-3-10(17-16-7)13(20)18-15-6-8-4-9(14)5-11(21-2)12(8)19/h3-6,19H,1-2H3,(H,16,17)(H,18,20). The fourth-order valence-electron chi connectivity index (χ4n) is 1.60. The molecule has 1 amide bonds. The Balaban J connectivity index is 2.11. The number of aromatic nitrogens is 2. The molecule has 2 rings (SSSR count). The van der Waals surface area contributed by atoms with Gasteiger partial charge in [-0.25, -0.2) is 5.43 Å². The number of carbonyl (C=O) groups excluding carboxylic acids is 1. The molecule has 1 aromatic heterocycles. The zero-order chi connectivity index (χ0) is 15.4. The predicted molar refractivity (Wildman–Crippen MR) is 78.1 cm³/mol. The van der Waals surface area contributed by atoms with E-state index < -0.39 is 5.91 Å². The molecule has 0 aliphatic carbocycles. The lowest BCUT2D eigenvalue weighted by Gasteiger charge is -2.06. The van der Waals surface area contributed by atoms with Crippen LogP contribution in [0.4, 0.5) is 0 Å². The van der Waals surface area contributed by atoms with Crippen molar-refractivity contribution in [2.24, 2.45) is 5.10 Å². The highest BCUT2D eigenvalue weighted by molar-refractivity contribution is 6.31. The van der Waals surface area contributed by atoms with Gasteiger partial charge < -0.3 is 9.84 Å². The summed E-state index contributed by atoms with van der Waals surface area (Å²) < 4.78 is 4.97. The van der Waals surface area contributed by atoms with Gasteiger partial charge in [0.1, 0.15) is 0 Å². The van der Waals surface area contributed by atoms with Gasteiger partial charge in [0.2, 0.25) is 0 Å². The first kappa shape index (κ1) is 14.9. The van der Waals surface area contributed by atoms with E-state index in [9.17, 15) is 9.90 Å². The van der Waals surface area contributed by atoms with Crippen molar-refractivity contribution < 1.29 is 14.6 Å². The number of aromatic hydroxyl groups is 1. The Morgan fingerprint density at radius 3 is 2.90 bits per heavy atom.